The third-order valence-corrected chi connectivity index (χ3v) is 13.5. The van der Waals surface area contributed by atoms with Crippen molar-refractivity contribution in [3.63, 3.8) is 0 Å². The fourth-order valence-corrected chi connectivity index (χ4v) is 7.89. The molecule has 0 aromatic heterocycles. The fourth-order valence-electron chi connectivity index (χ4n) is 5.19. The molecule has 3 atom stereocenters. The van der Waals surface area contributed by atoms with Gasteiger partial charge in [0, 0.05) is 34.4 Å². The fraction of sp³-hybridized carbons (Fsp3) is 0.639. The quantitative estimate of drug-likeness (QED) is 0.0396. The summed E-state index contributed by atoms with van der Waals surface area (Å²) in [5, 5.41) is 0. The van der Waals surface area contributed by atoms with Gasteiger partial charge >= 0.3 is 25.5 Å². The summed E-state index contributed by atoms with van der Waals surface area (Å²) in [6.45, 7) is 21.5. The second-order valence-corrected chi connectivity index (χ2v) is 28.4. The number of carbonyl (C=O) groups excluding carboxylic acids is 3. The second-order valence-electron chi connectivity index (χ2n) is 15.0. The molecule has 1 heterocycles. The molecular formula is C36H59O11PSi2. The molecule has 1 aromatic carbocycles. The molecule has 282 valence electrons. The topological polar surface area (TPSA) is 133 Å². The van der Waals surface area contributed by atoms with Crippen LogP contribution in [0.3, 0.4) is 0 Å². The van der Waals surface area contributed by atoms with Crippen molar-refractivity contribution in [2.24, 2.45) is 5.92 Å². The number of benzene rings is 1. The van der Waals surface area contributed by atoms with Gasteiger partial charge in [-0.3, -0.25) is 13.9 Å². The van der Waals surface area contributed by atoms with Gasteiger partial charge in [0.2, 0.25) is 0 Å². The number of hydrogen-bond donors (Lipinski definition) is 0. The first-order chi connectivity index (χ1) is 23.3. The lowest BCUT2D eigenvalue weighted by Gasteiger charge is -2.22. The van der Waals surface area contributed by atoms with E-state index in [2.05, 4.69) is 39.3 Å². The third-order valence-electron chi connectivity index (χ3n) is 8.23. The van der Waals surface area contributed by atoms with E-state index in [-0.39, 0.29) is 19.4 Å². The summed E-state index contributed by atoms with van der Waals surface area (Å²) in [6, 6.07) is 1.74. The molecule has 2 unspecified atom stereocenters. The van der Waals surface area contributed by atoms with Gasteiger partial charge in [-0.2, -0.15) is 0 Å². The van der Waals surface area contributed by atoms with Crippen LogP contribution in [-0.2, 0) is 50.4 Å². The number of hydrogen-bond acceptors (Lipinski definition) is 11. The van der Waals surface area contributed by atoms with Crippen molar-refractivity contribution in [3.05, 3.63) is 46.1 Å². The number of ether oxygens (including phenoxy) is 5. The molecule has 0 N–H and O–H groups in total. The SMILES string of the molecule is CCOC(=O)[C@H](C)OP(=O)(C/C=C/C(C/C(C)=C/Cc1c(OC)c(C)c2c(c1OCC[Si](C)(C)C)C(=O)OC2)C(=O)OCC[Si](C)(C)C)OC. The van der Waals surface area contributed by atoms with Crippen LogP contribution in [0.2, 0.25) is 51.4 Å². The molecule has 0 aliphatic carbocycles. The predicted octanol–water partition coefficient (Wildman–Crippen LogP) is 8.13. The number of rotatable bonds is 21. The van der Waals surface area contributed by atoms with Gasteiger partial charge in [0.15, 0.2) is 6.10 Å². The normalized spacial score (nSPS) is 16.0. The van der Waals surface area contributed by atoms with Crippen LogP contribution in [0.1, 0.15) is 54.2 Å². The largest absolute Gasteiger partial charge is 0.496 e. The summed E-state index contributed by atoms with van der Waals surface area (Å²) in [6.07, 6.45) is 4.68. The number of methoxy groups -OCH3 is 1. The van der Waals surface area contributed by atoms with E-state index in [1.807, 2.05) is 19.9 Å². The molecule has 11 nitrogen and oxygen atoms in total. The predicted molar refractivity (Wildman–Crippen MR) is 201 cm³/mol. The Balaban J connectivity index is 2.40. The van der Waals surface area contributed by atoms with Crippen molar-refractivity contribution >= 4 is 41.7 Å². The minimum Gasteiger partial charge on any atom is -0.496 e. The van der Waals surface area contributed by atoms with Gasteiger partial charge in [0.05, 0.1) is 39.0 Å². The minimum absolute atomic E-state index is 0.158. The van der Waals surface area contributed by atoms with Gasteiger partial charge in [0.1, 0.15) is 23.7 Å². The first-order valence-corrected chi connectivity index (χ1v) is 26.4. The summed E-state index contributed by atoms with van der Waals surface area (Å²) < 4.78 is 52.3. The van der Waals surface area contributed by atoms with E-state index in [9.17, 15) is 18.9 Å². The maximum Gasteiger partial charge on any atom is 0.342 e. The maximum atomic E-state index is 13.4. The lowest BCUT2D eigenvalue weighted by Crippen LogP contribution is -2.24. The number of fused-ring (bicyclic) bond motifs is 1. The average molecular weight is 755 g/mol. The molecule has 0 saturated carbocycles. The molecular weight excluding hydrogens is 696 g/mol. The third kappa shape index (κ3) is 13.4. The van der Waals surface area contributed by atoms with Gasteiger partial charge in [-0.1, -0.05) is 63.1 Å². The molecule has 1 aromatic rings. The van der Waals surface area contributed by atoms with Gasteiger partial charge in [-0.15, -0.1) is 0 Å². The molecule has 50 heavy (non-hydrogen) atoms. The molecule has 14 heteroatoms. The van der Waals surface area contributed by atoms with Crippen molar-refractivity contribution in [2.75, 3.05) is 40.2 Å². The summed E-state index contributed by atoms with van der Waals surface area (Å²) in [4.78, 5) is 38.4. The van der Waals surface area contributed by atoms with Crippen molar-refractivity contribution in [1.29, 1.82) is 0 Å². The zero-order chi connectivity index (χ0) is 37.9. The molecule has 0 fully saturated rings. The molecule has 1 aliphatic rings. The molecule has 2 rings (SSSR count). The Kier molecular flexibility index (Phi) is 16.7. The lowest BCUT2D eigenvalue weighted by molar-refractivity contribution is -0.151. The maximum absolute atomic E-state index is 13.4. The molecule has 1 aliphatic heterocycles. The van der Waals surface area contributed by atoms with Crippen molar-refractivity contribution < 1.29 is 51.7 Å². The highest BCUT2D eigenvalue weighted by Gasteiger charge is 2.34. The Bertz CT molecular complexity index is 1460. The van der Waals surface area contributed by atoms with Crippen LogP contribution < -0.4 is 9.47 Å². The summed E-state index contributed by atoms with van der Waals surface area (Å²) in [5.74, 6) is -1.01. The summed E-state index contributed by atoms with van der Waals surface area (Å²) in [7, 11) is -3.73. The van der Waals surface area contributed by atoms with Crippen LogP contribution >= 0.6 is 7.60 Å². The van der Waals surface area contributed by atoms with Crippen molar-refractivity contribution in [2.45, 2.75) is 105 Å². The average Bonchev–Trinajstić information content (AvgIpc) is 3.41. The van der Waals surface area contributed by atoms with Gasteiger partial charge in [0.25, 0.3) is 0 Å². The molecule has 0 bridgehead atoms. The first kappa shape index (κ1) is 43.5. The first-order valence-electron chi connectivity index (χ1n) is 17.3. The molecule has 0 amide bonds. The Hall–Kier alpha value is -2.71. The van der Waals surface area contributed by atoms with Crippen LogP contribution in [0.25, 0.3) is 0 Å². The number of carbonyl (C=O) groups is 3. The van der Waals surface area contributed by atoms with Crippen LogP contribution in [0.5, 0.6) is 11.5 Å². The number of cyclic esters (lactones) is 1. The van der Waals surface area contributed by atoms with E-state index in [1.165, 1.54) is 14.0 Å². The standard InChI is InChI=1S/C36H59O11PSi2/c1-13-43-34(37)27(4)47-48(40,42-6)20-14-15-28(35(38)45-19-22-50(10,11)12)23-25(2)16-17-29-32(41-5)26(3)30-24-46-36(39)31(30)33(29)44-18-21-49(7,8)9/h14-16,27-28H,13,17-24H2,1-12H3/b15-14+,25-16+/t27-,28?,48?/m0/s1. The number of allylic oxidation sites excluding steroid dienone is 3. The van der Waals surface area contributed by atoms with Crippen LogP contribution in [0.15, 0.2) is 23.8 Å². The highest BCUT2D eigenvalue weighted by atomic mass is 31.2. The highest BCUT2D eigenvalue weighted by Crippen LogP contribution is 2.49. The van der Waals surface area contributed by atoms with E-state index in [0.29, 0.717) is 43.1 Å². The van der Waals surface area contributed by atoms with E-state index in [1.54, 1.807) is 26.2 Å². The second kappa shape index (κ2) is 19.2. The minimum atomic E-state index is -3.71. The summed E-state index contributed by atoms with van der Waals surface area (Å²) >= 11 is 0. The monoisotopic (exact) mass is 754 g/mol. The Morgan fingerprint density at radius 1 is 0.980 bits per heavy atom. The van der Waals surface area contributed by atoms with Crippen LogP contribution in [0.4, 0.5) is 0 Å². The molecule has 0 saturated heterocycles. The van der Waals surface area contributed by atoms with Crippen LogP contribution in [0, 0.1) is 12.8 Å². The van der Waals surface area contributed by atoms with Crippen molar-refractivity contribution in [1.82, 2.24) is 0 Å². The molecule has 0 radical (unpaired) electrons. The highest BCUT2D eigenvalue weighted by molar-refractivity contribution is 7.54. The van der Waals surface area contributed by atoms with Gasteiger partial charge in [-0.05, 0) is 58.2 Å². The van der Waals surface area contributed by atoms with Crippen molar-refractivity contribution in [3.8, 4) is 11.5 Å². The Morgan fingerprint density at radius 3 is 2.20 bits per heavy atom. The lowest BCUT2D eigenvalue weighted by atomic mass is 9.93. The zero-order valence-electron chi connectivity index (χ0n) is 32.2. The van der Waals surface area contributed by atoms with E-state index in [0.717, 1.165) is 34.4 Å². The smallest absolute Gasteiger partial charge is 0.342 e. The molecule has 0 spiro atoms. The van der Waals surface area contributed by atoms with E-state index in [4.69, 9.17) is 32.7 Å². The van der Waals surface area contributed by atoms with Gasteiger partial charge in [-0.25, -0.2) is 9.59 Å². The summed E-state index contributed by atoms with van der Waals surface area (Å²) in [5.41, 5.74) is 3.70. The van der Waals surface area contributed by atoms with Gasteiger partial charge < -0.3 is 28.2 Å². The van der Waals surface area contributed by atoms with E-state index < -0.39 is 53.7 Å². The van der Waals surface area contributed by atoms with Crippen LogP contribution in [-0.4, -0.2) is 80.4 Å². The Labute approximate surface area is 300 Å². The van der Waals surface area contributed by atoms with E-state index >= 15 is 0 Å². The zero-order valence-corrected chi connectivity index (χ0v) is 35.1. The Morgan fingerprint density at radius 2 is 1.62 bits per heavy atom. The number of esters is 3.